The van der Waals surface area contributed by atoms with E-state index in [9.17, 15) is 12.8 Å². The summed E-state index contributed by atoms with van der Waals surface area (Å²) in [7, 11) is -3.96. The summed E-state index contributed by atoms with van der Waals surface area (Å²) in [5, 5.41) is -0.220. The zero-order valence-electron chi connectivity index (χ0n) is 12.1. The van der Waals surface area contributed by atoms with Crippen molar-refractivity contribution >= 4 is 21.6 Å². The van der Waals surface area contributed by atoms with Gasteiger partial charge in [-0.3, -0.25) is 0 Å². The topological polar surface area (TPSA) is 55.4 Å². The quantitative estimate of drug-likeness (QED) is 0.917. The highest BCUT2D eigenvalue weighted by atomic mass is 35.5. The minimum absolute atomic E-state index is 0.0121. The highest BCUT2D eigenvalue weighted by molar-refractivity contribution is 7.89. The van der Waals surface area contributed by atoms with Crippen LogP contribution >= 0.6 is 11.6 Å². The Morgan fingerprint density at radius 2 is 2.00 bits per heavy atom. The van der Waals surface area contributed by atoms with Crippen LogP contribution in [0, 0.1) is 11.7 Å². The van der Waals surface area contributed by atoms with Crippen molar-refractivity contribution in [3.05, 3.63) is 58.9 Å². The summed E-state index contributed by atoms with van der Waals surface area (Å²) in [5.41, 5.74) is 1.04. The molecular formula is C16H15ClFNO3S. The summed E-state index contributed by atoms with van der Waals surface area (Å²) < 4.78 is 46.4. The third kappa shape index (κ3) is 3.49. The molecule has 0 amide bonds. The van der Waals surface area contributed by atoms with Crippen LogP contribution in [0.4, 0.5) is 4.39 Å². The molecule has 3 rings (SSSR count). The maximum atomic E-state index is 13.9. The first-order valence-electron chi connectivity index (χ1n) is 7.12. The van der Waals surface area contributed by atoms with Gasteiger partial charge in [-0.2, -0.15) is 0 Å². The Balaban J connectivity index is 1.70. The number of rotatable bonds is 4. The fourth-order valence-corrected chi connectivity index (χ4v) is 3.96. The molecule has 0 unspecified atom stereocenters. The number of hydrogen-bond donors (Lipinski definition) is 1. The van der Waals surface area contributed by atoms with Crippen molar-refractivity contribution in [2.24, 2.45) is 5.92 Å². The molecule has 0 radical (unpaired) electrons. The van der Waals surface area contributed by atoms with Gasteiger partial charge in [-0.1, -0.05) is 35.9 Å². The molecule has 0 aliphatic carbocycles. The van der Waals surface area contributed by atoms with Crippen LogP contribution in [-0.2, 0) is 16.4 Å². The first-order valence-corrected chi connectivity index (χ1v) is 8.98. The van der Waals surface area contributed by atoms with Gasteiger partial charge in [-0.05, 0) is 30.2 Å². The number of nitrogens with one attached hydrogen (secondary N) is 1. The lowest BCUT2D eigenvalue weighted by Gasteiger charge is -2.25. The van der Waals surface area contributed by atoms with Crippen molar-refractivity contribution in [1.29, 1.82) is 0 Å². The Morgan fingerprint density at radius 1 is 1.22 bits per heavy atom. The van der Waals surface area contributed by atoms with E-state index in [1.807, 2.05) is 24.3 Å². The molecule has 0 bridgehead atoms. The van der Waals surface area contributed by atoms with Gasteiger partial charge < -0.3 is 4.74 Å². The smallest absolute Gasteiger partial charge is 0.243 e. The molecule has 0 fully saturated rings. The molecule has 23 heavy (non-hydrogen) atoms. The summed E-state index contributed by atoms with van der Waals surface area (Å²) in [6.45, 7) is 0.584. The molecular weight excluding hydrogens is 341 g/mol. The summed E-state index contributed by atoms with van der Waals surface area (Å²) in [6.07, 6.45) is 0.705. The Morgan fingerprint density at radius 3 is 2.83 bits per heavy atom. The lowest BCUT2D eigenvalue weighted by Crippen LogP contribution is -2.35. The van der Waals surface area contributed by atoms with Crippen molar-refractivity contribution in [3.63, 3.8) is 0 Å². The fraction of sp³-hybridized carbons (Fsp3) is 0.250. The molecule has 1 aliphatic rings. The molecule has 1 aliphatic heterocycles. The van der Waals surface area contributed by atoms with Crippen LogP contribution in [0.3, 0.4) is 0 Å². The van der Waals surface area contributed by atoms with Crippen LogP contribution in [0.25, 0.3) is 0 Å². The molecule has 0 aromatic heterocycles. The van der Waals surface area contributed by atoms with Crippen molar-refractivity contribution in [2.75, 3.05) is 13.2 Å². The van der Waals surface area contributed by atoms with Gasteiger partial charge in [0.05, 0.1) is 11.6 Å². The van der Waals surface area contributed by atoms with Gasteiger partial charge in [0, 0.05) is 12.5 Å². The van der Waals surface area contributed by atoms with Gasteiger partial charge >= 0.3 is 0 Å². The second kappa shape index (κ2) is 6.47. The molecule has 1 heterocycles. The number of ether oxygens (including phenoxy) is 1. The normalized spacial score (nSPS) is 17.4. The SMILES string of the molecule is O=S(=O)(NC[C@@H]1COc2ccccc2C1)c1cccc(Cl)c1F. The van der Waals surface area contributed by atoms with E-state index < -0.39 is 20.7 Å². The predicted molar refractivity (Wildman–Crippen MR) is 85.7 cm³/mol. The zero-order valence-corrected chi connectivity index (χ0v) is 13.7. The summed E-state index contributed by atoms with van der Waals surface area (Å²) in [5.74, 6) is -0.124. The number of sulfonamides is 1. The fourth-order valence-electron chi connectivity index (χ4n) is 2.52. The first kappa shape index (κ1) is 16.2. The molecule has 0 spiro atoms. The molecule has 4 nitrogen and oxygen atoms in total. The lowest BCUT2D eigenvalue weighted by molar-refractivity contribution is 0.223. The second-order valence-electron chi connectivity index (χ2n) is 5.39. The van der Waals surface area contributed by atoms with Crippen LogP contribution in [-0.4, -0.2) is 21.6 Å². The van der Waals surface area contributed by atoms with Crippen molar-refractivity contribution in [2.45, 2.75) is 11.3 Å². The van der Waals surface area contributed by atoms with Gasteiger partial charge in [0.25, 0.3) is 0 Å². The van der Waals surface area contributed by atoms with Crippen LogP contribution in [0.2, 0.25) is 5.02 Å². The van der Waals surface area contributed by atoms with E-state index in [0.717, 1.165) is 11.3 Å². The number of fused-ring (bicyclic) bond motifs is 1. The predicted octanol–water partition coefficient (Wildman–Crippen LogP) is 3.01. The van der Waals surface area contributed by atoms with E-state index in [-0.39, 0.29) is 17.5 Å². The monoisotopic (exact) mass is 355 g/mol. The average molecular weight is 356 g/mol. The average Bonchev–Trinajstić information content (AvgIpc) is 2.55. The van der Waals surface area contributed by atoms with Gasteiger partial charge in [0.1, 0.15) is 10.6 Å². The molecule has 2 aromatic rings. The largest absolute Gasteiger partial charge is 0.493 e. The number of halogens is 2. The minimum atomic E-state index is -3.96. The lowest BCUT2D eigenvalue weighted by atomic mass is 9.97. The van der Waals surface area contributed by atoms with Crippen molar-refractivity contribution in [1.82, 2.24) is 4.72 Å². The third-order valence-corrected chi connectivity index (χ3v) is 5.46. The van der Waals surface area contributed by atoms with E-state index in [1.165, 1.54) is 18.2 Å². The van der Waals surface area contributed by atoms with E-state index in [2.05, 4.69) is 4.72 Å². The zero-order chi connectivity index (χ0) is 16.4. The van der Waals surface area contributed by atoms with Crippen LogP contribution in [0.1, 0.15) is 5.56 Å². The molecule has 1 N–H and O–H groups in total. The number of para-hydroxylation sites is 1. The van der Waals surface area contributed by atoms with Crippen molar-refractivity contribution in [3.8, 4) is 5.75 Å². The number of benzene rings is 2. The van der Waals surface area contributed by atoms with E-state index in [1.54, 1.807) is 0 Å². The molecule has 0 saturated heterocycles. The van der Waals surface area contributed by atoms with Crippen LogP contribution < -0.4 is 9.46 Å². The van der Waals surface area contributed by atoms with Crippen molar-refractivity contribution < 1.29 is 17.5 Å². The van der Waals surface area contributed by atoms with Gasteiger partial charge in [0.15, 0.2) is 5.82 Å². The standard InChI is InChI=1S/C16H15ClFNO3S/c17-13-5-3-7-15(16(13)18)23(20,21)19-9-11-8-12-4-1-2-6-14(12)22-10-11/h1-7,11,19H,8-10H2/t11-/m1/s1. The molecule has 1 atom stereocenters. The van der Waals surface area contributed by atoms with Crippen LogP contribution in [0.5, 0.6) is 5.75 Å². The van der Waals surface area contributed by atoms with Crippen LogP contribution in [0.15, 0.2) is 47.4 Å². The van der Waals surface area contributed by atoms with E-state index >= 15 is 0 Å². The third-order valence-electron chi connectivity index (χ3n) is 3.72. The van der Waals surface area contributed by atoms with Gasteiger partial charge in [-0.15, -0.1) is 0 Å². The molecule has 7 heteroatoms. The second-order valence-corrected chi connectivity index (χ2v) is 7.54. The molecule has 122 valence electrons. The Bertz CT molecular complexity index is 826. The van der Waals surface area contributed by atoms with Gasteiger partial charge in [0.2, 0.25) is 10.0 Å². The van der Waals surface area contributed by atoms with Gasteiger partial charge in [-0.25, -0.2) is 17.5 Å². The van der Waals surface area contributed by atoms with E-state index in [0.29, 0.717) is 13.0 Å². The van der Waals surface area contributed by atoms with E-state index in [4.69, 9.17) is 16.3 Å². The number of hydrogen-bond acceptors (Lipinski definition) is 3. The Hall–Kier alpha value is -1.63. The summed E-state index contributed by atoms with van der Waals surface area (Å²) in [4.78, 5) is -0.442. The molecule has 0 saturated carbocycles. The Kier molecular flexibility index (Phi) is 4.57. The molecule has 2 aromatic carbocycles. The summed E-state index contributed by atoms with van der Waals surface area (Å²) >= 11 is 5.64. The highest BCUT2D eigenvalue weighted by Crippen LogP contribution is 2.27. The Labute approximate surface area is 139 Å². The maximum absolute atomic E-state index is 13.9. The highest BCUT2D eigenvalue weighted by Gasteiger charge is 2.24. The minimum Gasteiger partial charge on any atom is -0.493 e. The maximum Gasteiger partial charge on any atom is 0.243 e. The first-order chi connectivity index (χ1) is 11.0. The summed E-state index contributed by atoms with van der Waals surface area (Å²) in [6, 6.07) is 11.5.